The number of fused-ring (bicyclic) bond motifs is 3. The van der Waals surface area contributed by atoms with Crippen LogP contribution in [0.15, 0.2) is 48.5 Å². The minimum absolute atomic E-state index is 0.510. The molecule has 0 aliphatic carbocycles. The van der Waals surface area contributed by atoms with E-state index in [1.807, 2.05) is 0 Å². The van der Waals surface area contributed by atoms with E-state index in [0.29, 0.717) is 12.0 Å². The maximum Gasteiger partial charge on any atom is 0.0479 e. The standard InChI is InChI=1S/C19H22N2/c1-14-6-5-9-16-17(15-7-3-2-4-8-15)13-21-11-10-20-12-18(21)19(14)16/h2-9,17-18,20H,10-13H2,1H3. The molecule has 2 aliphatic rings. The van der Waals surface area contributed by atoms with Gasteiger partial charge < -0.3 is 5.32 Å². The van der Waals surface area contributed by atoms with Crippen molar-refractivity contribution in [3.05, 3.63) is 70.8 Å². The average Bonchev–Trinajstić information content (AvgIpc) is 2.55. The Morgan fingerprint density at radius 3 is 2.76 bits per heavy atom. The molecular weight excluding hydrogens is 256 g/mol. The van der Waals surface area contributed by atoms with Crippen LogP contribution in [-0.4, -0.2) is 31.1 Å². The fourth-order valence-corrected chi connectivity index (χ4v) is 4.02. The molecule has 108 valence electrons. The maximum atomic E-state index is 3.56. The van der Waals surface area contributed by atoms with Crippen LogP contribution in [-0.2, 0) is 0 Å². The minimum Gasteiger partial charge on any atom is -0.314 e. The molecule has 2 aromatic rings. The van der Waals surface area contributed by atoms with Gasteiger partial charge in [-0.1, -0.05) is 48.5 Å². The lowest BCUT2D eigenvalue weighted by Crippen LogP contribution is -2.50. The number of benzene rings is 2. The molecule has 2 heterocycles. The molecule has 0 bridgehead atoms. The van der Waals surface area contributed by atoms with Gasteiger partial charge in [-0.3, -0.25) is 4.90 Å². The third-order valence-electron chi connectivity index (χ3n) is 5.04. The first-order valence-corrected chi connectivity index (χ1v) is 7.93. The third kappa shape index (κ3) is 2.19. The van der Waals surface area contributed by atoms with Crippen LogP contribution in [0.3, 0.4) is 0 Å². The van der Waals surface area contributed by atoms with Crippen LogP contribution in [0.2, 0.25) is 0 Å². The monoisotopic (exact) mass is 278 g/mol. The zero-order valence-electron chi connectivity index (χ0n) is 12.5. The van der Waals surface area contributed by atoms with Crippen LogP contribution in [0.25, 0.3) is 0 Å². The van der Waals surface area contributed by atoms with Gasteiger partial charge >= 0.3 is 0 Å². The summed E-state index contributed by atoms with van der Waals surface area (Å²) in [5.41, 5.74) is 5.98. The lowest BCUT2D eigenvalue weighted by Gasteiger charge is -2.45. The smallest absolute Gasteiger partial charge is 0.0479 e. The molecule has 2 aliphatic heterocycles. The number of rotatable bonds is 1. The van der Waals surface area contributed by atoms with Gasteiger partial charge in [-0.15, -0.1) is 0 Å². The molecular formula is C19H22N2. The zero-order chi connectivity index (χ0) is 14.2. The molecule has 2 nitrogen and oxygen atoms in total. The topological polar surface area (TPSA) is 15.3 Å². The van der Waals surface area contributed by atoms with Gasteiger partial charge in [-0.25, -0.2) is 0 Å². The molecule has 0 radical (unpaired) electrons. The largest absolute Gasteiger partial charge is 0.314 e. The number of piperazine rings is 1. The van der Waals surface area contributed by atoms with Crippen LogP contribution in [0, 0.1) is 6.92 Å². The van der Waals surface area contributed by atoms with Gasteiger partial charge in [-0.2, -0.15) is 0 Å². The van der Waals surface area contributed by atoms with Gasteiger partial charge in [0.2, 0.25) is 0 Å². The van der Waals surface area contributed by atoms with Crippen LogP contribution in [0.4, 0.5) is 0 Å². The Hall–Kier alpha value is -1.64. The van der Waals surface area contributed by atoms with Gasteiger partial charge in [0.25, 0.3) is 0 Å². The summed E-state index contributed by atoms with van der Waals surface area (Å²) in [5, 5.41) is 3.56. The van der Waals surface area contributed by atoms with Crippen molar-refractivity contribution < 1.29 is 0 Å². The zero-order valence-corrected chi connectivity index (χ0v) is 12.5. The molecule has 21 heavy (non-hydrogen) atoms. The highest BCUT2D eigenvalue weighted by atomic mass is 15.2. The molecule has 1 saturated heterocycles. The van der Waals surface area contributed by atoms with Gasteiger partial charge in [0.1, 0.15) is 0 Å². The van der Waals surface area contributed by atoms with Gasteiger partial charge in [0.15, 0.2) is 0 Å². The van der Waals surface area contributed by atoms with E-state index in [1.165, 1.54) is 16.7 Å². The molecule has 4 rings (SSSR count). The molecule has 2 unspecified atom stereocenters. The van der Waals surface area contributed by atoms with Crippen LogP contribution in [0.1, 0.15) is 34.2 Å². The van der Waals surface area contributed by atoms with Crippen molar-refractivity contribution in [1.82, 2.24) is 10.2 Å². The number of hydrogen-bond acceptors (Lipinski definition) is 2. The molecule has 1 N–H and O–H groups in total. The highest BCUT2D eigenvalue weighted by molar-refractivity contribution is 5.46. The summed E-state index contributed by atoms with van der Waals surface area (Å²) in [6, 6.07) is 18.4. The number of nitrogens with zero attached hydrogens (tertiary/aromatic N) is 1. The summed E-state index contributed by atoms with van der Waals surface area (Å²) in [4.78, 5) is 2.67. The second kappa shape index (κ2) is 5.28. The quantitative estimate of drug-likeness (QED) is 0.862. The normalized spacial score (nSPS) is 25.2. The summed E-state index contributed by atoms with van der Waals surface area (Å²) >= 11 is 0. The first kappa shape index (κ1) is 13.1. The molecule has 2 heteroatoms. The lowest BCUT2D eigenvalue weighted by molar-refractivity contribution is 0.142. The van der Waals surface area contributed by atoms with Crippen molar-refractivity contribution in [2.75, 3.05) is 26.2 Å². The van der Waals surface area contributed by atoms with Crippen molar-refractivity contribution in [3.8, 4) is 0 Å². The molecule has 0 saturated carbocycles. The molecule has 2 aromatic carbocycles. The van der Waals surface area contributed by atoms with E-state index in [0.717, 1.165) is 26.2 Å². The van der Waals surface area contributed by atoms with E-state index in [1.54, 1.807) is 5.56 Å². The fraction of sp³-hybridized carbons (Fsp3) is 0.368. The summed E-state index contributed by atoms with van der Waals surface area (Å²) in [6.07, 6.45) is 0. The summed E-state index contributed by atoms with van der Waals surface area (Å²) in [5.74, 6) is 0.510. The van der Waals surface area contributed by atoms with Crippen molar-refractivity contribution in [2.24, 2.45) is 0 Å². The van der Waals surface area contributed by atoms with Gasteiger partial charge in [-0.05, 0) is 29.2 Å². The molecule has 0 spiro atoms. The van der Waals surface area contributed by atoms with E-state index >= 15 is 0 Å². The highest BCUT2D eigenvalue weighted by Gasteiger charge is 2.35. The Labute approximate surface area is 126 Å². The Morgan fingerprint density at radius 2 is 1.90 bits per heavy atom. The predicted molar refractivity (Wildman–Crippen MR) is 86.6 cm³/mol. The Bertz CT molecular complexity index is 635. The number of aryl methyl sites for hydroxylation is 1. The van der Waals surface area contributed by atoms with Crippen molar-refractivity contribution in [1.29, 1.82) is 0 Å². The number of hydrogen-bond donors (Lipinski definition) is 1. The van der Waals surface area contributed by atoms with Crippen molar-refractivity contribution in [3.63, 3.8) is 0 Å². The summed E-state index contributed by atoms with van der Waals surface area (Å²) in [7, 11) is 0. The summed E-state index contributed by atoms with van der Waals surface area (Å²) < 4.78 is 0. The van der Waals surface area contributed by atoms with Crippen LogP contribution in [0.5, 0.6) is 0 Å². The van der Waals surface area contributed by atoms with Crippen molar-refractivity contribution >= 4 is 0 Å². The third-order valence-corrected chi connectivity index (χ3v) is 5.04. The van der Waals surface area contributed by atoms with Crippen LogP contribution < -0.4 is 5.32 Å². The Balaban J connectivity index is 1.85. The highest BCUT2D eigenvalue weighted by Crippen LogP contribution is 2.41. The lowest BCUT2D eigenvalue weighted by atomic mass is 9.79. The fourth-order valence-electron chi connectivity index (χ4n) is 4.02. The second-order valence-corrected chi connectivity index (χ2v) is 6.26. The van der Waals surface area contributed by atoms with E-state index in [2.05, 4.69) is 65.7 Å². The maximum absolute atomic E-state index is 3.56. The van der Waals surface area contributed by atoms with E-state index < -0.39 is 0 Å². The first-order valence-electron chi connectivity index (χ1n) is 7.93. The van der Waals surface area contributed by atoms with Crippen molar-refractivity contribution in [2.45, 2.75) is 18.9 Å². The van der Waals surface area contributed by atoms with E-state index in [4.69, 9.17) is 0 Å². The first-order chi connectivity index (χ1) is 10.3. The van der Waals surface area contributed by atoms with E-state index in [9.17, 15) is 0 Å². The second-order valence-electron chi connectivity index (χ2n) is 6.26. The SMILES string of the molecule is Cc1cccc2c1C1CNCCN1CC2c1ccccc1. The Kier molecular flexibility index (Phi) is 3.28. The van der Waals surface area contributed by atoms with Gasteiger partial charge in [0.05, 0.1) is 0 Å². The predicted octanol–water partition coefficient (Wildman–Crippen LogP) is 3.09. The van der Waals surface area contributed by atoms with E-state index in [-0.39, 0.29) is 0 Å². The molecule has 0 aromatic heterocycles. The van der Waals surface area contributed by atoms with Crippen LogP contribution >= 0.6 is 0 Å². The molecule has 0 amide bonds. The minimum atomic E-state index is 0.510. The Morgan fingerprint density at radius 1 is 1.05 bits per heavy atom. The molecule has 2 atom stereocenters. The average molecular weight is 278 g/mol. The molecule has 1 fully saturated rings. The summed E-state index contributed by atoms with van der Waals surface area (Å²) in [6.45, 7) is 6.76. The van der Waals surface area contributed by atoms with Gasteiger partial charge in [0, 0.05) is 38.1 Å². The number of nitrogens with one attached hydrogen (secondary N) is 1.